The predicted octanol–water partition coefficient (Wildman–Crippen LogP) is 2.64. The molecule has 0 aliphatic carbocycles. The third-order valence-corrected chi connectivity index (χ3v) is 4.07. The van der Waals surface area contributed by atoms with E-state index in [9.17, 15) is 0 Å². The second kappa shape index (κ2) is 6.92. The van der Waals surface area contributed by atoms with Crippen LogP contribution in [-0.2, 0) is 6.54 Å². The van der Waals surface area contributed by atoms with Gasteiger partial charge in [-0.1, -0.05) is 31.5 Å². The van der Waals surface area contributed by atoms with Crippen molar-refractivity contribution in [2.24, 2.45) is 11.7 Å². The fourth-order valence-corrected chi connectivity index (χ4v) is 2.87. The summed E-state index contributed by atoms with van der Waals surface area (Å²) in [4.78, 5) is 2.51. The zero-order valence-corrected chi connectivity index (χ0v) is 12.1. The molecule has 0 amide bonds. The van der Waals surface area contributed by atoms with Crippen molar-refractivity contribution in [2.45, 2.75) is 39.3 Å². The molecule has 2 atom stereocenters. The van der Waals surface area contributed by atoms with Gasteiger partial charge in [0.2, 0.25) is 0 Å². The van der Waals surface area contributed by atoms with E-state index in [-0.39, 0.29) is 0 Å². The molecule has 0 spiro atoms. The number of rotatable bonds is 5. The van der Waals surface area contributed by atoms with Crippen LogP contribution in [0.5, 0.6) is 5.75 Å². The molecule has 2 rings (SSSR count). The number of hydrogen-bond donors (Lipinski definition) is 1. The van der Waals surface area contributed by atoms with Crippen LogP contribution in [0.2, 0.25) is 0 Å². The Morgan fingerprint density at radius 2 is 2.11 bits per heavy atom. The molecule has 3 nitrogen and oxygen atoms in total. The van der Waals surface area contributed by atoms with Crippen LogP contribution in [0.3, 0.4) is 0 Å². The summed E-state index contributed by atoms with van der Waals surface area (Å²) >= 11 is 0. The van der Waals surface area contributed by atoms with E-state index in [1.807, 2.05) is 13.0 Å². The van der Waals surface area contributed by atoms with Gasteiger partial charge in [-0.05, 0) is 31.9 Å². The Balaban J connectivity index is 2.01. The van der Waals surface area contributed by atoms with Gasteiger partial charge in [-0.25, -0.2) is 0 Å². The largest absolute Gasteiger partial charge is 0.494 e. The first-order valence-electron chi connectivity index (χ1n) is 7.43. The first-order valence-corrected chi connectivity index (χ1v) is 7.43. The van der Waals surface area contributed by atoms with E-state index in [1.165, 1.54) is 12.0 Å². The maximum Gasteiger partial charge on any atom is 0.123 e. The number of ether oxygens (including phenoxy) is 1. The molecule has 2 unspecified atom stereocenters. The van der Waals surface area contributed by atoms with Gasteiger partial charge in [0.15, 0.2) is 0 Å². The van der Waals surface area contributed by atoms with Crippen LogP contribution in [0.15, 0.2) is 24.3 Å². The molecule has 106 valence electrons. The molecule has 1 aliphatic rings. The molecule has 0 radical (unpaired) electrons. The molecule has 0 saturated carbocycles. The normalized spacial score (nSPS) is 24.4. The first-order chi connectivity index (χ1) is 9.24. The summed E-state index contributed by atoms with van der Waals surface area (Å²) in [5.74, 6) is 1.65. The van der Waals surface area contributed by atoms with Gasteiger partial charge in [0, 0.05) is 24.7 Å². The molecule has 2 N–H and O–H groups in total. The highest BCUT2D eigenvalue weighted by molar-refractivity contribution is 5.33. The minimum Gasteiger partial charge on any atom is -0.494 e. The third-order valence-electron chi connectivity index (χ3n) is 4.07. The predicted molar refractivity (Wildman–Crippen MR) is 79.3 cm³/mol. The fourth-order valence-electron chi connectivity index (χ4n) is 2.87. The van der Waals surface area contributed by atoms with E-state index < -0.39 is 0 Å². The van der Waals surface area contributed by atoms with Crippen molar-refractivity contribution in [3.63, 3.8) is 0 Å². The maximum absolute atomic E-state index is 6.17. The molecular weight excluding hydrogens is 236 g/mol. The minimum absolute atomic E-state index is 0.378. The number of likely N-dealkylation sites (tertiary alicyclic amines) is 1. The second-order valence-electron chi connectivity index (χ2n) is 5.40. The molecule has 3 heteroatoms. The number of benzene rings is 1. The Kier molecular flexibility index (Phi) is 5.23. The summed E-state index contributed by atoms with van der Waals surface area (Å²) in [5, 5.41) is 0. The van der Waals surface area contributed by atoms with Crippen LogP contribution in [0.1, 0.15) is 32.3 Å². The van der Waals surface area contributed by atoms with Gasteiger partial charge < -0.3 is 10.5 Å². The highest BCUT2D eigenvalue weighted by Gasteiger charge is 2.25. The van der Waals surface area contributed by atoms with Gasteiger partial charge in [-0.3, -0.25) is 4.90 Å². The quantitative estimate of drug-likeness (QED) is 0.886. The van der Waals surface area contributed by atoms with Gasteiger partial charge in [0.25, 0.3) is 0 Å². The average molecular weight is 262 g/mol. The summed E-state index contributed by atoms with van der Waals surface area (Å²) in [6.07, 6.45) is 2.28. The Labute approximate surface area is 116 Å². The number of nitrogens with zero attached hydrogens (tertiary/aromatic N) is 1. The SMILES string of the molecule is CCOc1ccccc1CN1CCC(N)C(CC)C1. The van der Waals surface area contributed by atoms with Gasteiger partial charge in [0.05, 0.1) is 6.61 Å². The number of para-hydroxylation sites is 1. The summed E-state index contributed by atoms with van der Waals surface area (Å²) in [5.41, 5.74) is 7.46. The van der Waals surface area contributed by atoms with E-state index in [2.05, 4.69) is 30.0 Å². The van der Waals surface area contributed by atoms with Crippen LogP contribution >= 0.6 is 0 Å². The van der Waals surface area contributed by atoms with Crippen molar-refractivity contribution in [1.29, 1.82) is 0 Å². The molecule has 1 saturated heterocycles. The summed E-state index contributed by atoms with van der Waals surface area (Å²) < 4.78 is 5.70. The zero-order valence-electron chi connectivity index (χ0n) is 12.1. The number of hydrogen-bond acceptors (Lipinski definition) is 3. The highest BCUT2D eigenvalue weighted by Crippen LogP contribution is 2.24. The van der Waals surface area contributed by atoms with Crippen LogP contribution in [0, 0.1) is 5.92 Å². The van der Waals surface area contributed by atoms with Gasteiger partial charge >= 0.3 is 0 Å². The van der Waals surface area contributed by atoms with Crippen molar-refractivity contribution in [3.8, 4) is 5.75 Å². The van der Waals surface area contributed by atoms with Crippen LogP contribution < -0.4 is 10.5 Å². The van der Waals surface area contributed by atoms with Crippen molar-refractivity contribution in [1.82, 2.24) is 4.90 Å². The second-order valence-corrected chi connectivity index (χ2v) is 5.40. The average Bonchev–Trinajstić information content (AvgIpc) is 2.43. The molecule has 1 aromatic carbocycles. The van der Waals surface area contributed by atoms with Gasteiger partial charge in [-0.2, -0.15) is 0 Å². The molecule has 0 bridgehead atoms. The van der Waals surface area contributed by atoms with Crippen LogP contribution in [0.4, 0.5) is 0 Å². The lowest BCUT2D eigenvalue weighted by Gasteiger charge is -2.36. The number of nitrogens with two attached hydrogens (primary N) is 1. The maximum atomic E-state index is 6.17. The molecular formula is C16H26N2O. The Hall–Kier alpha value is -1.06. The third kappa shape index (κ3) is 3.71. The molecule has 1 fully saturated rings. The summed E-state index contributed by atoms with van der Waals surface area (Å²) in [7, 11) is 0. The topological polar surface area (TPSA) is 38.5 Å². The summed E-state index contributed by atoms with van der Waals surface area (Å²) in [6, 6.07) is 8.73. The van der Waals surface area contributed by atoms with Crippen LogP contribution in [-0.4, -0.2) is 30.6 Å². The highest BCUT2D eigenvalue weighted by atomic mass is 16.5. The Morgan fingerprint density at radius 1 is 1.32 bits per heavy atom. The Morgan fingerprint density at radius 3 is 2.84 bits per heavy atom. The molecule has 1 aromatic rings. The van der Waals surface area contributed by atoms with Crippen LogP contribution in [0.25, 0.3) is 0 Å². The molecule has 0 aromatic heterocycles. The minimum atomic E-state index is 0.378. The van der Waals surface area contributed by atoms with Crippen molar-refractivity contribution >= 4 is 0 Å². The Bertz CT molecular complexity index is 394. The molecule has 1 aliphatic heterocycles. The standard InChI is InChI=1S/C16H26N2O/c1-3-13-11-18(10-9-15(13)17)12-14-7-5-6-8-16(14)19-4-2/h5-8,13,15H,3-4,9-12,17H2,1-2H3. The van der Waals surface area contributed by atoms with E-state index in [1.54, 1.807) is 0 Å². The van der Waals surface area contributed by atoms with E-state index in [4.69, 9.17) is 10.5 Å². The van der Waals surface area contributed by atoms with E-state index in [0.717, 1.165) is 38.4 Å². The summed E-state index contributed by atoms with van der Waals surface area (Å²) in [6.45, 7) is 8.17. The van der Waals surface area contributed by atoms with Gasteiger partial charge in [0.1, 0.15) is 5.75 Å². The van der Waals surface area contributed by atoms with Crippen molar-refractivity contribution in [3.05, 3.63) is 29.8 Å². The van der Waals surface area contributed by atoms with E-state index >= 15 is 0 Å². The smallest absolute Gasteiger partial charge is 0.123 e. The molecule has 1 heterocycles. The van der Waals surface area contributed by atoms with Gasteiger partial charge in [-0.15, -0.1) is 0 Å². The van der Waals surface area contributed by atoms with Crippen molar-refractivity contribution < 1.29 is 4.74 Å². The lowest BCUT2D eigenvalue weighted by Crippen LogP contribution is -2.46. The number of piperidine rings is 1. The fraction of sp³-hybridized carbons (Fsp3) is 0.625. The van der Waals surface area contributed by atoms with E-state index in [0.29, 0.717) is 12.0 Å². The zero-order chi connectivity index (χ0) is 13.7. The van der Waals surface area contributed by atoms with Crippen molar-refractivity contribution in [2.75, 3.05) is 19.7 Å². The lowest BCUT2D eigenvalue weighted by molar-refractivity contribution is 0.144. The lowest BCUT2D eigenvalue weighted by atomic mass is 9.90. The first kappa shape index (κ1) is 14.4. The molecule has 19 heavy (non-hydrogen) atoms. The monoisotopic (exact) mass is 262 g/mol.